The van der Waals surface area contributed by atoms with Crippen molar-refractivity contribution in [2.24, 2.45) is 14.1 Å². The standard InChI is InChI=1S/C19H20N4O3S/c1-11(2)27-15-8-6-5-7-13(15)17(24)21-12-9-14-16(20-10-12)22(3)19(26)23(4)18(14)25/h5-11H,1-4H3,(H,21,24). The fraction of sp³-hybridized carbons (Fsp3) is 0.263. The summed E-state index contributed by atoms with van der Waals surface area (Å²) in [5, 5.41) is 3.40. The first-order chi connectivity index (χ1) is 12.8. The van der Waals surface area contributed by atoms with E-state index in [1.54, 1.807) is 30.9 Å². The Morgan fingerprint density at radius 2 is 1.85 bits per heavy atom. The number of hydrogen-bond acceptors (Lipinski definition) is 5. The molecule has 0 aliphatic carbocycles. The Kier molecular flexibility index (Phi) is 5.18. The molecule has 0 aliphatic heterocycles. The van der Waals surface area contributed by atoms with E-state index in [1.165, 1.54) is 17.8 Å². The molecule has 27 heavy (non-hydrogen) atoms. The maximum atomic E-state index is 12.7. The highest BCUT2D eigenvalue weighted by Gasteiger charge is 2.15. The molecule has 0 bridgehead atoms. The van der Waals surface area contributed by atoms with Crippen LogP contribution in [0.3, 0.4) is 0 Å². The monoisotopic (exact) mass is 384 g/mol. The molecule has 3 rings (SSSR count). The van der Waals surface area contributed by atoms with Crippen LogP contribution in [0.2, 0.25) is 0 Å². The quantitative estimate of drug-likeness (QED) is 0.698. The second-order valence-corrected chi connectivity index (χ2v) is 8.04. The summed E-state index contributed by atoms with van der Waals surface area (Å²) in [6.45, 7) is 4.12. The van der Waals surface area contributed by atoms with Gasteiger partial charge in [0, 0.05) is 24.2 Å². The fourth-order valence-electron chi connectivity index (χ4n) is 2.74. The van der Waals surface area contributed by atoms with Crippen LogP contribution in [-0.2, 0) is 14.1 Å². The van der Waals surface area contributed by atoms with Gasteiger partial charge >= 0.3 is 5.69 Å². The first-order valence-corrected chi connectivity index (χ1v) is 9.30. The van der Waals surface area contributed by atoms with Gasteiger partial charge in [-0.25, -0.2) is 9.78 Å². The van der Waals surface area contributed by atoms with Crippen molar-refractivity contribution < 1.29 is 4.79 Å². The largest absolute Gasteiger partial charge is 0.332 e. The highest BCUT2D eigenvalue weighted by Crippen LogP contribution is 2.27. The molecule has 0 fully saturated rings. The maximum Gasteiger partial charge on any atom is 0.332 e. The lowest BCUT2D eigenvalue weighted by molar-refractivity contribution is 0.102. The van der Waals surface area contributed by atoms with Crippen LogP contribution in [0, 0.1) is 0 Å². The minimum absolute atomic E-state index is 0.266. The number of benzene rings is 1. The molecular formula is C19H20N4O3S. The predicted molar refractivity (Wildman–Crippen MR) is 108 cm³/mol. The Hall–Kier alpha value is -2.87. The average Bonchev–Trinajstić information content (AvgIpc) is 2.64. The smallest absolute Gasteiger partial charge is 0.321 e. The summed E-state index contributed by atoms with van der Waals surface area (Å²) in [7, 11) is 2.96. The third-order valence-corrected chi connectivity index (χ3v) is 5.13. The van der Waals surface area contributed by atoms with Gasteiger partial charge in [0.25, 0.3) is 11.5 Å². The molecule has 0 radical (unpaired) electrons. The molecule has 1 amide bonds. The van der Waals surface area contributed by atoms with Crippen LogP contribution in [-0.4, -0.2) is 25.3 Å². The van der Waals surface area contributed by atoms with E-state index in [0.29, 0.717) is 16.5 Å². The van der Waals surface area contributed by atoms with Crippen LogP contribution in [0.25, 0.3) is 11.0 Å². The Bertz CT molecular complexity index is 1150. The number of nitrogens with one attached hydrogen (secondary N) is 1. The Morgan fingerprint density at radius 1 is 1.15 bits per heavy atom. The van der Waals surface area contributed by atoms with Crippen molar-refractivity contribution in [1.29, 1.82) is 0 Å². The van der Waals surface area contributed by atoms with E-state index in [0.717, 1.165) is 9.46 Å². The molecule has 0 saturated heterocycles. The van der Waals surface area contributed by atoms with E-state index in [4.69, 9.17) is 0 Å². The van der Waals surface area contributed by atoms with Gasteiger partial charge in [-0.3, -0.25) is 18.7 Å². The van der Waals surface area contributed by atoms with E-state index >= 15 is 0 Å². The van der Waals surface area contributed by atoms with Gasteiger partial charge in [-0.05, 0) is 18.2 Å². The van der Waals surface area contributed by atoms with Gasteiger partial charge in [-0.1, -0.05) is 26.0 Å². The molecular weight excluding hydrogens is 364 g/mol. The summed E-state index contributed by atoms with van der Waals surface area (Å²) in [6.07, 6.45) is 1.44. The van der Waals surface area contributed by atoms with Crippen molar-refractivity contribution in [3.63, 3.8) is 0 Å². The molecule has 7 nitrogen and oxygen atoms in total. The molecule has 0 atom stereocenters. The number of fused-ring (bicyclic) bond motifs is 1. The van der Waals surface area contributed by atoms with Crippen molar-refractivity contribution in [3.8, 4) is 0 Å². The maximum absolute atomic E-state index is 12.7. The lowest BCUT2D eigenvalue weighted by Gasteiger charge is -2.12. The van der Waals surface area contributed by atoms with Gasteiger partial charge in [0.15, 0.2) is 0 Å². The van der Waals surface area contributed by atoms with E-state index in [2.05, 4.69) is 24.1 Å². The van der Waals surface area contributed by atoms with Crippen LogP contribution in [0.1, 0.15) is 24.2 Å². The van der Waals surface area contributed by atoms with Crippen LogP contribution in [0.4, 0.5) is 5.69 Å². The molecule has 2 heterocycles. The van der Waals surface area contributed by atoms with Gasteiger partial charge in [-0.2, -0.15) is 0 Å². The molecule has 3 aromatic rings. The summed E-state index contributed by atoms with van der Waals surface area (Å²) in [5.74, 6) is -0.276. The van der Waals surface area contributed by atoms with Crippen LogP contribution in [0.5, 0.6) is 0 Å². The number of rotatable bonds is 4. The van der Waals surface area contributed by atoms with E-state index < -0.39 is 11.2 Å². The zero-order chi connectivity index (χ0) is 19.7. The summed E-state index contributed by atoms with van der Waals surface area (Å²) in [4.78, 5) is 42.2. The lowest BCUT2D eigenvalue weighted by Crippen LogP contribution is -2.37. The molecule has 0 saturated carbocycles. The summed E-state index contributed by atoms with van der Waals surface area (Å²) >= 11 is 1.61. The van der Waals surface area contributed by atoms with Crippen molar-refractivity contribution in [3.05, 3.63) is 62.9 Å². The number of pyridine rings is 1. The number of aryl methyl sites for hydroxylation is 1. The van der Waals surface area contributed by atoms with Crippen molar-refractivity contribution in [2.45, 2.75) is 24.0 Å². The molecule has 1 N–H and O–H groups in total. The zero-order valence-electron chi connectivity index (χ0n) is 15.5. The van der Waals surface area contributed by atoms with E-state index in [9.17, 15) is 14.4 Å². The van der Waals surface area contributed by atoms with Crippen LogP contribution >= 0.6 is 11.8 Å². The number of carbonyl (C=O) groups is 1. The number of amides is 1. The topological polar surface area (TPSA) is 86.0 Å². The Balaban J connectivity index is 2.00. The number of anilines is 1. The zero-order valence-corrected chi connectivity index (χ0v) is 16.3. The molecule has 8 heteroatoms. The number of aromatic nitrogens is 3. The Labute approximate surface area is 160 Å². The second-order valence-electron chi connectivity index (χ2n) is 6.42. The van der Waals surface area contributed by atoms with Crippen LogP contribution in [0.15, 0.2) is 51.0 Å². The molecule has 140 valence electrons. The third-order valence-electron chi connectivity index (χ3n) is 4.05. The number of nitrogens with zero attached hydrogens (tertiary/aromatic N) is 3. The number of hydrogen-bond donors (Lipinski definition) is 1. The summed E-state index contributed by atoms with van der Waals surface area (Å²) in [5.41, 5.74) is 0.331. The van der Waals surface area contributed by atoms with Crippen LogP contribution < -0.4 is 16.6 Å². The van der Waals surface area contributed by atoms with Gasteiger partial charge in [0.1, 0.15) is 5.65 Å². The third kappa shape index (κ3) is 3.66. The average molecular weight is 384 g/mol. The summed E-state index contributed by atoms with van der Waals surface area (Å²) < 4.78 is 2.32. The molecule has 1 aromatic carbocycles. The minimum atomic E-state index is -0.451. The number of carbonyl (C=O) groups excluding carboxylic acids is 1. The molecule has 0 unspecified atom stereocenters. The van der Waals surface area contributed by atoms with E-state index in [-0.39, 0.29) is 16.9 Å². The SMILES string of the molecule is CC(C)Sc1ccccc1C(=O)Nc1cnc2c(c1)c(=O)n(C)c(=O)n2C. The summed E-state index contributed by atoms with van der Waals surface area (Å²) in [6, 6.07) is 8.91. The minimum Gasteiger partial charge on any atom is -0.321 e. The van der Waals surface area contributed by atoms with Gasteiger partial charge < -0.3 is 5.32 Å². The Morgan fingerprint density at radius 3 is 2.56 bits per heavy atom. The van der Waals surface area contributed by atoms with Gasteiger partial charge in [0.05, 0.1) is 22.8 Å². The van der Waals surface area contributed by atoms with Crippen molar-refractivity contribution in [2.75, 3.05) is 5.32 Å². The highest BCUT2D eigenvalue weighted by atomic mass is 32.2. The first-order valence-electron chi connectivity index (χ1n) is 8.42. The fourth-order valence-corrected chi connectivity index (χ4v) is 3.70. The van der Waals surface area contributed by atoms with Gasteiger partial charge in [0.2, 0.25) is 0 Å². The van der Waals surface area contributed by atoms with Crippen molar-refractivity contribution in [1.82, 2.24) is 14.1 Å². The normalized spacial score (nSPS) is 11.1. The van der Waals surface area contributed by atoms with E-state index in [1.807, 2.05) is 18.2 Å². The second kappa shape index (κ2) is 7.40. The predicted octanol–water partition coefficient (Wildman–Crippen LogP) is 2.38. The highest BCUT2D eigenvalue weighted by molar-refractivity contribution is 8.00. The molecule has 0 aliphatic rings. The van der Waals surface area contributed by atoms with Crippen molar-refractivity contribution >= 4 is 34.4 Å². The van der Waals surface area contributed by atoms with Gasteiger partial charge in [-0.15, -0.1) is 11.8 Å². The first kappa shape index (κ1) is 18.9. The molecule has 2 aromatic heterocycles. The number of thioether (sulfide) groups is 1. The molecule has 0 spiro atoms. The lowest BCUT2D eigenvalue weighted by atomic mass is 10.2.